The fraction of sp³-hybridized carbons (Fsp3) is 0.533. The predicted molar refractivity (Wildman–Crippen MR) is 76.6 cm³/mol. The maximum Gasteiger partial charge on any atom is 0.253 e. The number of carbonyl (C=O) groups excluding carboxylic acids is 1. The number of aryl methyl sites for hydroxylation is 1. The van der Waals surface area contributed by atoms with Crippen LogP contribution in [0.2, 0.25) is 0 Å². The van der Waals surface area contributed by atoms with E-state index in [1.165, 1.54) is 11.3 Å². The first-order valence-corrected chi connectivity index (χ1v) is 7.21. The first kappa shape index (κ1) is 12.5. The van der Waals surface area contributed by atoms with Crippen LogP contribution in [0.25, 0.3) is 0 Å². The first-order chi connectivity index (χ1) is 9.34. The summed E-state index contributed by atoms with van der Waals surface area (Å²) in [5.74, 6) is 0.178. The van der Waals surface area contributed by atoms with Crippen molar-refractivity contribution in [2.24, 2.45) is 0 Å². The van der Waals surface area contributed by atoms with Crippen LogP contribution in [0, 0.1) is 0 Å². The van der Waals surface area contributed by atoms with Gasteiger partial charge in [0.25, 0.3) is 5.91 Å². The molecule has 4 heteroatoms. The van der Waals surface area contributed by atoms with Gasteiger partial charge in [-0.05, 0) is 49.6 Å². The lowest BCUT2D eigenvalue weighted by atomic mass is 10.0. The summed E-state index contributed by atoms with van der Waals surface area (Å²) in [5.41, 5.74) is 3.31. The van der Waals surface area contributed by atoms with E-state index >= 15 is 0 Å². The van der Waals surface area contributed by atoms with Gasteiger partial charge in [-0.25, -0.2) is 0 Å². The van der Waals surface area contributed by atoms with Crippen LogP contribution in [0.3, 0.4) is 0 Å². The highest BCUT2D eigenvalue weighted by molar-refractivity contribution is 5.95. The summed E-state index contributed by atoms with van der Waals surface area (Å²) in [7, 11) is 0. The Balaban J connectivity index is 1.78. The molecule has 2 aliphatic heterocycles. The molecule has 2 aliphatic rings. The van der Waals surface area contributed by atoms with E-state index in [1.807, 2.05) is 11.0 Å². The van der Waals surface area contributed by atoms with Crippen molar-refractivity contribution in [2.75, 3.05) is 38.0 Å². The van der Waals surface area contributed by atoms with Gasteiger partial charge in [-0.15, -0.1) is 0 Å². The van der Waals surface area contributed by atoms with E-state index in [9.17, 15) is 4.79 Å². The molecule has 1 aromatic rings. The average molecular weight is 259 g/mol. The Kier molecular flexibility index (Phi) is 3.69. The standard InChI is InChI=1S/C15H21N3O/c19-15(18-9-2-6-16-8-10-18)13-4-5-14-12(11-13)3-1-7-17-14/h4-5,11,16-17H,1-3,6-10H2. The summed E-state index contributed by atoms with van der Waals surface area (Å²) in [4.78, 5) is 14.5. The number of benzene rings is 1. The molecular formula is C15H21N3O. The van der Waals surface area contributed by atoms with Crippen molar-refractivity contribution in [3.63, 3.8) is 0 Å². The lowest BCUT2D eigenvalue weighted by Crippen LogP contribution is -2.34. The Labute approximate surface area is 114 Å². The third kappa shape index (κ3) is 2.73. The van der Waals surface area contributed by atoms with Crippen molar-refractivity contribution >= 4 is 11.6 Å². The van der Waals surface area contributed by atoms with E-state index < -0.39 is 0 Å². The second-order valence-corrected chi connectivity index (χ2v) is 5.30. The highest BCUT2D eigenvalue weighted by Gasteiger charge is 2.18. The molecule has 2 heterocycles. The Morgan fingerprint density at radius 2 is 2.05 bits per heavy atom. The summed E-state index contributed by atoms with van der Waals surface area (Å²) in [6.45, 7) is 4.63. The summed E-state index contributed by atoms with van der Waals surface area (Å²) >= 11 is 0. The van der Waals surface area contributed by atoms with E-state index in [-0.39, 0.29) is 5.91 Å². The minimum atomic E-state index is 0.178. The number of amides is 1. The van der Waals surface area contributed by atoms with Crippen LogP contribution in [0.5, 0.6) is 0 Å². The fourth-order valence-corrected chi connectivity index (χ4v) is 2.84. The van der Waals surface area contributed by atoms with Crippen LogP contribution in [0.4, 0.5) is 5.69 Å². The third-order valence-electron chi connectivity index (χ3n) is 3.92. The van der Waals surface area contributed by atoms with Crippen molar-refractivity contribution < 1.29 is 4.79 Å². The van der Waals surface area contributed by atoms with E-state index in [1.54, 1.807) is 0 Å². The highest BCUT2D eigenvalue weighted by Crippen LogP contribution is 2.23. The van der Waals surface area contributed by atoms with Gasteiger partial charge in [0.15, 0.2) is 0 Å². The molecule has 0 unspecified atom stereocenters. The van der Waals surface area contributed by atoms with Gasteiger partial charge in [-0.1, -0.05) is 0 Å². The Morgan fingerprint density at radius 3 is 3.00 bits per heavy atom. The second-order valence-electron chi connectivity index (χ2n) is 5.30. The predicted octanol–water partition coefficient (Wildman–Crippen LogP) is 1.48. The molecule has 4 nitrogen and oxygen atoms in total. The van der Waals surface area contributed by atoms with Crippen molar-refractivity contribution in [2.45, 2.75) is 19.3 Å². The Bertz CT molecular complexity index is 464. The van der Waals surface area contributed by atoms with E-state index in [0.717, 1.165) is 57.5 Å². The van der Waals surface area contributed by atoms with Crippen LogP contribution in [-0.4, -0.2) is 43.5 Å². The third-order valence-corrected chi connectivity index (χ3v) is 3.92. The smallest absolute Gasteiger partial charge is 0.253 e. The maximum absolute atomic E-state index is 12.5. The molecule has 1 aromatic carbocycles. The van der Waals surface area contributed by atoms with Gasteiger partial charge in [0.05, 0.1) is 0 Å². The molecule has 1 amide bonds. The minimum Gasteiger partial charge on any atom is -0.385 e. The summed E-state index contributed by atoms with van der Waals surface area (Å²) in [6, 6.07) is 6.08. The molecule has 0 radical (unpaired) electrons. The minimum absolute atomic E-state index is 0.178. The topological polar surface area (TPSA) is 44.4 Å². The molecule has 0 bridgehead atoms. The quantitative estimate of drug-likeness (QED) is 0.803. The molecule has 3 rings (SSSR count). The van der Waals surface area contributed by atoms with Gasteiger partial charge in [-0.2, -0.15) is 0 Å². The largest absolute Gasteiger partial charge is 0.385 e. The summed E-state index contributed by atoms with van der Waals surface area (Å²) in [5, 5.41) is 6.71. The lowest BCUT2D eigenvalue weighted by molar-refractivity contribution is 0.0766. The molecule has 102 valence electrons. The number of anilines is 1. The number of rotatable bonds is 1. The fourth-order valence-electron chi connectivity index (χ4n) is 2.84. The van der Waals surface area contributed by atoms with Crippen molar-refractivity contribution in [1.82, 2.24) is 10.2 Å². The molecule has 0 atom stereocenters. The maximum atomic E-state index is 12.5. The van der Waals surface area contributed by atoms with Crippen molar-refractivity contribution in [3.05, 3.63) is 29.3 Å². The lowest BCUT2D eigenvalue weighted by Gasteiger charge is -2.22. The molecule has 0 aromatic heterocycles. The van der Waals surface area contributed by atoms with Crippen LogP contribution < -0.4 is 10.6 Å². The molecule has 0 aliphatic carbocycles. The number of carbonyl (C=O) groups is 1. The SMILES string of the molecule is O=C(c1ccc2c(c1)CCCN2)N1CCCNCC1. The van der Waals surface area contributed by atoms with E-state index in [4.69, 9.17) is 0 Å². The molecule has 1 fully saturated rings. The molecule has 0 spiro atoms. The Hall–Kier alpha value is -1.55. The zero-order valence-corrected chi connectivity index (χ0v) is 11.2. The highest BCUT2D eigenvalue weighted by atomic mass is 16.2. The molecule has 0 saturated carbocycles. The van der Waals surface area contributed by atoms with E-state index in [0.29, 0.717) is 0 Å². The number of hydrogen-bond acceptors (Lipinski definition) is 3. The average Bonchev–Trinajstić information content (AvgIpc) is 2.75. The second kappa shape index (κ2) is 5.61. The number of nitrogens with one attached hydrogen (secondary N) is 2. The number of fused-ring (bicyclic) bond motifs is 1. The van der Waals surface area contributed by atoms with Gasteiger partial charge in [-0.3, -0.25) is 4.79 Å². The van der Waals surface area contributed by atoms with Crippen molar-refractivity contribution in [3.8, 4) is 0 Å². The number of hydrogen-bond donors (Lipinski definition) is 2. The van der Waals surface area contributed by atoms with Crippen LogP contribution >= 0.6 is 0 Å². The van der Waals surface area contributed by atoms with Gasteiger partial charge in [0, 0.05) is 37.4 Å². The van der Waals surface area contributed by atoms with Crippen LogP contribution in [0.15, 0.2) is 18.2 Å². The zero-order chi connectivity index (χ0) is 13.1. The summed E-state index contributed by atoms with van der Waals surface area (Å²) in [6.07, 6.45) is 3.27. The van der Waals surface area contributed by atoms with Gasteiger partial charge >= 0.3 is 0 Å². The van der Waals surface area contributed by atoms with Gasteiger partial charge < -0.3 is 15.5 Å². The van der Waals surface area contributed by atoms with Crippen molar-refractivity contribution in [1.29, 1.82) is 0 Å². The van der Waals surface area contributed by atoms with Crippen LogP contribution in [0.1, 0.15) is 28.8 Å². The number of nitrogens with zero attached hydrogens (tertiary/aromatic N) is 1. The Morgan fingerprint density at radius 1 is 1.11 bits per heavy atom. The molecular weight excluding hydrogens is 238 g/mol. The van der Waals surface area contributed by atoms with Gasteiger partial charge in [0.2, 0.25) is 0 Å². The molecule has 1 saturated heterocycles. The monoisotopic (exact) mass is 259 g/mol. The normalized spacial score (nSPS) is 19.3. The van der Waals surface area contributed by atoms with Crippen LogP contribution in [-0.2, 0) is 6.42 Å². The molecule has 19 heavy (non-hydrogen) atoms. The zero-order valence-electron chi connectivity index (χ0n) is 11.2. The summed E-state index contributed by atoms with van der Waals surface area (Å²) < 4.78 is 0. The molecule has 2 N–H and O–H groups in total. The van der Waals surface area contributed by atoms with E-state index in [2.05, 4.69) is 22.8 Å². The first-order valence-electron chi connectivity index (χ1n) is 7.21. The van der Waals surface area contributed by atoms with Gasteiger partial charge in [0.1, 0.15) is 0 Å².